The fraction of sp³-hybridized carbons (Fsp3) is 0.385. The second-order valence-corrected chi connectivity index (χ2v) is 4.74. The second kappa shape index (κ2) is 3.87. The van der Waals surface area contributed by atoms with Gasteiger partial charge in [0, 0.05) is 11.9 Å². The fourth-order valence-electron chi connectivity index (χ4n) is 2.02. The van der Waals surface area contributed by atoms with E-state index in [1.54, 1.807) is 6.20 Å². The lowest BCUT2D eigenvalue weighted by molar-refractivity contribution is 0.0953. The highest BCUT2D eigenvalue weighted by molar-refractivity contribution is 6.06. The molecule has 1 aliphatic carbocycles. The van der Waals surface area contributed by atoms with E-state index in [1.165, 1.54) is 12.8 Å². The number of rotatable bonds is 3. The summed E-state index contributed by atoms with van der Waals surface area (Å²) in [5, 5.41) is 10.8. The highest BCUT2D eigenvalue weighted by Crippen LogP contribution is 2.28. The van der Waals surface area contributed by atoms with E-state index in [1.807, 2.05) is 19.1 Å². The molecule has 1 aromatic heterocycles. The van der Waals surface area contributed by atoms with Crippen molar-refractivity contribution in [3.63, 3.8) is 0 Å². The molecule has 0 bridgehead atoms. The molecule has 0 spiro atoms. The number of fused-ring (bicyclic) bond motifs is 1. The normalized spacial score (nSPS) is 15.1. The van der Waals surface area contributed by atoms with Crippen molar-refractivity contribution < 1.29 is 4.79 Å². The zero-order valence-electron chi connectivity index (χ0n) is 9.79. The Hall–Kier alpha value is -1.84. The number of amides is 1. The van der Waals surface area contributed by atoms with Gasteiger partial charge in [0.1, 0.15) is 0 Å². The average Bonchev–Trinajstić information content (AvgIpc) is 3.02. The molecular weight excluding hydrogens is 214 g/mol. The molecule has 0 radical (unpaired) electrons. The summed E-state index contributed by atoms with van der Waals surface area (Å²) in [5.41, 5.74) is 2.76. The number of aryl methyl sites for hydroxylation is 1. The van der Waals surface area contributed by atoms with E-state index < -0.39 is 0 Å². The summed E-state index contributed by atoms with van der Waals surface area (Å²) in [6.07, 6.45) is 4.21. The number of carbonyl (C=O) groups is 1. The molecule has 1 saturated carbocycles. The molecule has 0 atom stereocenters. The minimum Gasteiger partial charge on any atom is -0.352 e. The van der Waals surface area contributed by atoms with Crippen LogP contribution < -0.4 is 5.32 Å². The van der Waals surface area contributed by atoms with Crippen LogP contribution in [-0.2, 0) is 0 Å². The molecule has 1 heterocycles. The maximum Gasteiger partial charge on any atom is 0.252 e. The quantitative estimate of drug-likeness (QED) is 0.845. The van der Waals surface area contributed by atoms with Crippen LogP contribution in [0.1, 0.15) is 28.8 Å². The van der Waals surface area contributed by atoms with Gasteiger partial charge >= 0.3 is 0 Å². The van der Waals surface area contributed by atoms with Crippen LogP contribution in [0.2, 0.25) is 0 Å². The van der Waals surface area contributed by atoms with Gasteiger partial charge in [0.2, 0.25) is 0 Å². The number of aromatic amines is 1. The molecule has 1 aromatic carbocycles. The third-order valence-corrected chi connectivity index (χ3v) is 3.32. The van der Waals surface area contributed by atoms with Crippen LogP contribution in [0.25, 0.3) is 10.9 Å². The van der Waals surface area contributed by atoms with E-state index in [2.05, 4.69) is 15.5 Å². The van der Waals surface area contributed by atoms with Crippen LogP contribution in [0, 0.1) is 12.8 Å². The monoisotopic (exact) mass is 229 g/mol. The number of aromatic nitrogens is 2. The first-order valence-corrected chi connectivity index (χ1v) is 5.96. The predicted octanol–water partition coefficient (Wildman–Crippen LogP) is 2.01. The molecular formula is C13H15N3O. The first-order valence-electron chi connectivity index (χ1n) is 5.96. The van der Waals surface area contributed by atoms with Crippen molar-refractivity contribution in [1.82, 2.24) is 15.5 Å². The molecule has 1 aliphatic rings. The highest BCUT2D eigenvalue weighted by atomic mass is 16.1. The molecule has 4 heteroatoms. The molecule has 88 valence electrons. The van der Waals surface area contributed by atoms with Crippen LogP contribution in [0.4, 0.5) is 0 Å². The van der Waals surface area contributed by atoms with Crippen molar-refractivity contribution >= 4 is 16.8 Å². The molecule has 4 nitrogen and oxygen atoms in total. The fourth-order valence-corrected chi connectivity index (χ4v) is 2.02. The Morgan fingerprint density at radius 3 is 3.12 bits per heavy atom. The van der Waals surface area contributed by atoms with Crippen molar-refractivity contribution in [2.24, 2.45) is 5.92 Å². The minimum atomic E-state index is 0.00306. The van der Waals surface area contributed by atoms with Crippen LogP contribution in [-0.4, -0.2) is 22.6 Å². The molecule has 2 N–H and O–H groups in total. The zero-order chi connectivity index (χ0) is 11.8. The topological polar surface area (TPSA) is 57.8 Å². The molecule has 0 unspecified atom stereocenters. The van der Waals surface area contributed by atoms with Gasteiger partial charge in [-0.05, 0) is 37.3 Å². The largest absolute Gasteiger partial charge is 0.352 e. The Kier molecular flexibility index (Phi) is 2.35. The lowest BCUT2D eigenvalue weighted by Gasteiger charge is -2.06. The molecule has 0 saturated heterocycles. The van der Waals surface area contributed by atoms with Crippen molar-refractivity contribution in [2.45, 2.75) is 19.8 Å². The summed E-state index contributed by atoms with van der Waals surface area (Å²) in [5.74, 6) is 0.701. The van der Waals surface area contributed by atoms with Gasteiger partial charge in [0.15, 0.2) is 0 Å². The van der Waals surface area contributed by atoms with Crippen molar-refractivity contribution in [3.05, 3.63) is 29.5 Å². The Bertz CT molecular complexity index is 569. The predicted molar refractivity (Wildman–Crippen MR) is 65.9 cm³/mol. The van der Waals surface area contributed by atoms with E-state index >= 15 is 0 Å². The first-order chi connectivity index (χ1) is 8.25. The van der Waals surface area contributed by atoms with Crippen LogP contribution in [0.3, 0.4) is 0 Å². The summed E-state index contributed by atoms with van der Waals surface area (Å²) in [4.78, 5) is 12.0. The van der Waals surface area contributed by atoms with Gasteiger partial charge in [0.25, 0.3) is 5.91 Å². The van der Waals surface area contributed by atoms with Gasteiger partial charge in [-0.2, -0.15) is 5.10 Å². The van der Waals surface area contributed by atoms with Gasteiger partial charge in [0.05, 0.1) is 17.3 Å². The lowest BCUT2D eigenvalue weighted by atomic mass is 10.1. The standard InChI is InChI=1S/C13H15N3O/c1-8-2-5-10(11-7-15-16-12(8)11)13(17)14-6-9-3-4-9/h2,5,7,9H,3-4,6H2,1H3,(H,14,17)(H,15,16). The number of nitrogens with one attached hydrogen (secondary N) is 2. The Labute approximate surface area is 99.4 Å². The van der Waals surface area contributed by atoms with Crippen LogP contribution in [0.5, 0.6) is 0 Å². The molecule has 1 amide bonds. The molecule has 17 heavy (non-hydrogen) atoms. The second-order valence-electron chi connectivity index (χ2n) is 4.74. The first kappa shape index (κ1) is 10.3. The van der Waals surface area contributed by atoms with E-state index in [0.29, 0.717) is 11.5 Å². The zero-order valence-corrected chi connectivity index (χ0v) is 9.79. The van der Waals surface area contributed by atoms with Gasteiger partial charge in [-0.15, -0.1) is 0 Å². The number of H-pyrrole nitrogens is 1. The van der Waals surface area contributed by atoms with Crippen LogP contribution in [0.15, 0.2) is 18.3 Å². The maximum absolute atomic E-state index is 12.0. The average molecular weight is 229 g/mol. The Morgan fingerprint density at radius 1 is 1.53 bits per heavy atom. The third-order valence-electron chi connectivity index (χ3n) is 3.32. The number of carbonyl (C=O) groups excluding carboxylic acids is 1. The lowest BCUT2D eigenvalue weighted by Crippen LogP contribution is -2.25. The summed E-state index contributed by atoms with van der Waals surface area (Å²) < 4.78 is 0. The van der Waals surface area contributed by atoms with Gasteiger partial charge in [-0.3, -0.25) is 9.89 Å². The minimum absolute atomic E-state index is 0.00306. The molecule has 3 rings (SSSR count). The third kappa shape index (κ3) is 1.90. The van der Waals surface area contributed by atoms with E-state index in [9.17, 15) is 4.79 Å². The molecule has 2 aromatic rings. The molecule has 1 fully saturated rings. The van der Waals surface area contributed by atoms with E-state index in [4.69, 9.17) is 0 Å². The van der Waals surface area contributed by atoms with Gasteiger partial charge in [-0.1, -0.05) is 6.07 Å². The smallest absolute Gasteiger partial charge is 0.252 e. The van der Waals surface area contributed by atoms with Gasteiger partial charge < -0.3 is 5.32 Å². The van der Waals surface area contributed by atoms with Crippen molar-refractivity contribution in [1.29, 1.82) is 0 Å². The number of hydrogen-bond donors (Lipinski definition) is 2. The summed E-state index contributed by atoms with van der Waals surface area (Å²) >= 11 is 0. The Balaban J connectivity index is 1.90. The number of nitrogens with zero attached hydrogens (tertiary/aromatic N) is 1. The van der Waals surface area contributed by atoms with Gasteiger partial charge in [-0.25, -0.2) is 0 Å². The number of benzene rings is 1. The summed E-state index contributed by atoms with van der Waals surface area (Å²) in [7, 11) is 0. The van der Waals surface area contributed by atoms with E-state index in [0.717, 1.165) is 23.0 Å². The highest BCUT2D eigenvalue weighted by Gasteiger charge is 2.22. The summed E-state index contributed by atoms with van der Waals surface area (Å²) in [6.45, 7) is 2.80. The molecule has 0 aliphatic heterocycles. The number of hydrogen-bond acceptors (Lipinski definition) is 2. The van der Waals surface area contributed by atoms with Crippen molar-refractivity contribution in [3.8, 4) is 0 Å². The summed E-state index contributed by atoms with van der Waals surface area (Å²) in [6, 6.07) is 3.82. The SMILES string of the molecule is Cc1ccc(C(=O)NCC2CC2)c2cn[nH]c12. The van der Waals surface area contributed by atoms with Crippen LogP contribution >= 0.6 is 0 Å². The van der Waals surface area contributed by atoms with Crippen molar-refractivity contribution in [2.75, 3.05) is 6.54 Å². The maximum atomic E-state index is 12.0. The van der Waals surface area contributed by atoms with E-state index in [-0.39, 0.29) is 5.91 Å². The Morgan fingerprint density at radius 2 is 2.35 bits per heavy atom.